The molecule has 3 aromatic rings. The first-order chi connectivity index (χ1) is 14.7. The van der Waals surface area contributed by atoms with Crippen molar-refractivity contribution in [3.63, 3.8) is 0 Å². The van der Waals surface area contributed by atoms with Crippen LogP contribution in [-0.2, 0) is 9.53 Å². The number of carbonyl (C=O) groups excluding carboxylic acids is 1. The maximum Gasteiger partial charge on any atom is 0.239 e. The maximum absolute atomic E-state index is 13.6. The lowest BCUT2D eigenvalue weighted by Gasteiger charge is -2.27. The summed E-state index contributed by atoms with van der Waals surface area (Å²) in [6.45, 7) is 4.89. The number of anilines is 1. The Morgan fingerprint density at radius 3 is 2.80 bits per heavy atom. The van der Waals surface area contributed by atoms with E-state index in [4.69, 9.17) is 4.74 Å². The van der Waals surface area contributed by atoms with Gasteiger partial charge in [0, 0.05) is 31.1 Å². The number of morpholine rings is 1. The van der Waals surface area contributed by atoms with Gasteiger partial charge in [-0.05, 0) is 36.8 Å². The minimum atomic E-state index is -0.289. The Labute approximate surface area is 183 Å². The molecule has 1 aromatic heterocycles. The molecule has 1 saturated heterocycles. The number of aromatic nitrogens is 1. The topological polar surface area (TPSA) is 45.7 Å². The molecule has 2 aromatic carbocycles. The fourth-order valence-corrected chi connectivity index (χ4v) is 5.17. The SMILES string of the molecule is O=C(CSc1ccccc1)N(CCCN1CCOCC1)c1nc2ccc(F)cc2s1. The monoisotopic (exact) mass is 445 g/mol. The minimum Gasteiger partial charge on any atom is -0.379 e. The van der Waals surface area contributed by atoms with Crippen LogP contribution in [0.1, 0.15) is 6.42 Å². The van der Waals surface area contributed by atoms with Gasteiger partial charge in [-0.2, -0.15) is 0 Å². The third kappa shape index (κ3) is 5.57. The molecule has 1 aliphatic rings. The molecule has 0 atom stereocenters. The molecule has 0 N–H and O–H groups in total. The number of thiazole rings is 1. The predicted molar refractivity (Wildman–Crippen MR) is 121 cm³/mol. The molecule has 0 bridgehead atoms. The normalized spacial score (nSPS) is 14.8. The van der Waals surface area contributed by atoms with Crippen LogP contribution in [0.2, 0.25) is 0 Å². The quantitative estimate of drug-likeness (QED) is 0.484. The fraction of sp³-hybridized carbons (Fsp3) is 0.364. The van der Waals surface area contributed by atoms with Gasteiger partial charge < -0.3 is 4.74 Å². The van der Waals surface area contributed by atoms with Crippen molar-refractivity contribution in [3.8, 4) is 0 Å². The van der Waals surface area contributed by atoms with Crippen LogP contribution in [0.3, 0.4) is 0 Å². The number of rotatable bonds is 8. The summed E-state index contributed by atoms with van der Waals surface area (Å²) < 4.78 is 19.8. The summed E-state index contributed by atoms with van der Waals surface area (Å²) in [6.07, 6.45) is 0.853. The van der Waals surface area contributed by atoms with Crippen molar-refractivity contribution in [1.29, 1.82) is 0 Å². The summed E-state index contributed by atoms with van der Waals surface area (Å²) in [7, 11) is 0. The van der Waals surface area contributed by atoms with Gasteiger partial charge in [-0.1, -0.05) is 29.5 Å². The lowest BCUT2D eigenvalue weighted by atomic mass is 10.3. The summed E-state index contributed by atoms with van der Waals surface area (Å²) in [4.78, 5) is 22.9. The van der Waals surface area contributed by atoms with Gasteiger partial charge in [0.1, 0.15) is 5.82 Å². The van der Waals surface area contributed by atoms with Gasteiger partial charge in [0.15, 0.2) is 5.13 Å². The molecule has 0 radical (unpaired) electrons. The Bertz CT molecular complexity index is 977. The van der Waals surface area contributed by atoms with Gasteiger partial charge >= 0.3 is 0 Å². The minimum absolute atomic E-state index is 0.0189. The highest BCUT2D eigenvalue weighted by atomic mass is 32.2. The standard InChI is InChI=1S/C22H24FN3O2S2/c23-17-7-8-19-20(15-17)30-22(24-19)26(10-4-9-25-11-13-28-14-12-25)21(27)16-29-18-5-2-1-3-6-18/h1-3,5-8,15H,4,9-14,16H2. The first kappa shape index (κ1) is 21.2. The molecule has 0 aliphatic carbocycles. The second kappa shape index (κ2) is 10.3. The van der Waals surface area contributed by atoms with Gasteiger partial charge in [-0.15, -0.1) is 11.8 Å². The molecular formula is C22H24FN3O2S2. The Morgan fingerprint density at radius 1 is 1.20 bits per heavy atom. The Hall–Kier alpha value is -2.00. The molecular weight excluding hydrogens is 421 g/mol. The van der Waals surface area contributed by atoms with E-state index in [1.54, 1.807) is 11.0 Å². The largest absolute Gasteiger partial charge is 0.379 e. The zero-order chi connectivity index (χ0) is 20.8. The average Bonchev–Trinajstić information content (AvgIpc) is 3.19. The molecule has 5 nitrogen and oxygen atoms in total. The van der Waals surface area contributed by atoms with E-state index in [1.807, 2.05) is 30.3 Å². The molecule has 1 amide bonds. The molecule has 0 saturated carbocycles. The lowest BCUT2D eigenvalue weighted by molar-refractivity contribution is -0.116. The highest BCUT2D eigenvalue weighted by Crippen LogP contribution is 2.30. The summed E-state index contributed by atoms with van der Waals surface area (Å²) in [5.74, 6) is 0.0687. The van der Waals surface area contributed by atoms with E-state index in [0.29, 0.717) is 17.4 Å². The van der Waals surface area contributed by atoms with Crippen LogP contribution >= 0.6 is 23.1 Å². The second-order valence-electron chi connectivity index (χ2n) is 7.06. The average molecular weight is 446 g/mol. The second-order valence-corrected chi connectivity index (χ2v) is 9.12. The number of hydrogen-bond acceptors (Lipinski definition) is 6. The molecule has 8 heteroatoms. The van der Waals surface area contributed by atoms with Crippen LogP contribution in [0.5, 0.6) is 0 Å². The summed E-state index contributed by atoms with van der Waals surface area (Å²) >= 11 is 2.89. The molecule has 158 valence electrons. The zero-order valence-electron chi connectivity index (χ0n) is 16.6. The molecule has 4 rings (SSSR count). The van der Waals surface area contributed by atoms with Crippen LogP contribution < -0.4 is 4.90 Å². The van der Waals surface area contributed by atoms with E-state index >= 15 is 0 Å². The fourth-order valence-electron chi connectivity index (χ4n) is 3.35. The summed E-state index contributed by atoms with van der Waals surface area (Å²) in [5.41, 5.74) is 0.720. The molecule has 30 heavy (non-hydrogen) atoms. The van der Waals surface area contributed by atoms with E-state index in [2.05, 4.69) is 9.88 Å². The van der Waals surface area contributed by atoms with Gasteiger partial charge in [0.2, 0.25) is 5.91 Å². The van der Waals surface area contributed by atoms with E-state index in [1.165, 1.54) is 35.2 Å². The van der Waals surface area contributed by atoms with Gasteiger partial charge in [-0.25, -0.2) is 9.37 Å². The Kier molecular flexibility index (Phi) is 7.33. The van der Waals surface area contributed by atoms with Crippen molar-refractivity contribution >= 4 is 44.4 Å². The number of nitrogens with zero attached hydrogens (tertiary/aromatic N) is 3. The maximum atomic E-state index is 13.6. The van der Waals surface area contributed by atoms with Crippen LogP contribution in [0.15, 0.2) is 53.4 Å². The Morgan fingerprint density at radius 2 is 2.00 bits per heavy atom. The summed E-state index contributed by atoms with van der Waals surface area (Å²) in [5, 5.41) is 0.635. The molecule has 1 aliphatic heterocycles. The van der Waals surface area contributed by atoms with E-state index in [0.717, 1.165) is 54.4 Å². The van der Waals surface area contributed by atoms with Crippen LogP contribution in [0, 0.1) is 5.82 Å². The number of thioether (sulfide) groups is 1. The Balaban J connectivity index is 1.46. The molecule has 2 heterocycles. The van der Waals surface area contributed by atoms with Crippen molar-refractivity contribution in [2.24, 2.45) is 0 Å². The smallest absolute Gasteiger partial charge is 0.239 e. The van der Waals surface area contributed by atoms with E-state index < -0.39 is 0 Å². The van der Waals surface area contributed by atoms with Gasteiger partial charge in [0.25, 0.3) is 0 Å². The van der Waals surface area contributed by atoms with Crippen molar-refractivity contribution in [1.82, 2.24) is 9.88 Å². The number of carbonyl (C=O) groups is 1. The van der Waals surface area contributed by atoms with E-state index in [9.17, 15) is 9.18 Å². The van der Waals surface area contributed by atoms with Crippen molar-refractivity contribution in [2.45, 2.75) is 11.3 Å². The number of fused-ring (bicyclic) bond motifs is 1. The predicted octanol–water partition coefficient (Wildman–Crippen LogP) is 4.28. The third-order valence-corrected chi connectivity index (χ3v) is 6.97. The molecule has 1 fully saturated rings. The number of hydrogen-bond donors (Lipinski definition) is 0. The van der Waals surface area contributed by atoms with Crippen LogP contribution in [0.25, 0.3) is 10.2 Å². The number of halogens is 1. The number of ether oxygens (including phenoxy) is 1. The first-order valence-corrected chi connectivity index (χ1v) is 11.8. The van der Waals surface area contributed by atoms with Crippen LogP contribution in [-0.4, -0.2) is 60.9 Å². The number of benzene rings is 2. The van der Waals surface area contributed by atoms with Crippen LogP contribution in [0.4, 0.5) is 9.52 Å². The van der Waals surface area contributed by atoms with Crippen molar-refractivity contribution in [2.75, 3.05) is 50.0 Å². The van der Waals surface area contributed by atoms with Gasteiger partial charge in [-0.3, -0.25) is 14.6 Å². The molecule has 0 spiro atoms. The van der Waals surface area contributed by atoms with Gasteiger partial charge in [0.05, 0.1) is 29.2 Å². The highest BCUT2D eigenvalue weighted by molar-refractivity contribution is 8.00. The lowest BCUT2D eigenvalue weighted by Crippen LogP contribution is -2.39. The van der Waals surface area contributed by atoms with Crippen molar-refractivity contribution in [3.05, 3.63) is 54.3 Å². The highest BCUT2D eigenvalue weighted by Gasteiger charge is 2.21. The number of amides is 1. The zero-order valence-corrected chi connectivity index (χ0v) is 18.3. The molecule has 0 unspecified atom stereocenters. The first-order valence-electron chi connectivity index (χ1n) is 10.0. The van der Waals surface area contributed by atoms with E-state index in [-0.39, 0.29) is 11.7 Å². The third-order valence-electron chi connectivity index (χ3n) is 4.94. The van der Waals surface area contributed by atoms with Crippen molar-refractivity contribution < 1.29 is 13.9 Å². The summed E-state index contributed by atoms with van der Waals surface area (Å²) in [6, 6.07) is 14.4.